The topological polar surface area (TPSA) is 17.1 Å². The molecule has 0 rings (SSSR count). The van der Waals surface area contributed by atoms with Crippen molar-refractivity contribution in [1.82, 2.24) is 0 Å². The van der Waals surface area contributed by atoms with Crippen molar-refractivity contribution >= 4 is 5.78 Å². The molecule has 0 aliphatic carbocycles. The van der Waals surface area contributed by atoms with Gasteiger partial charge in [0.05, 0.1) is 0 Å². The van der Waals surface area contributed by atoms with Crippen molar-refractivity contribution in [2.45, 2.75) is 6.92 Å². The minimum atomic E-state index is -0.106. The minimum absolute atomic E-state index is 0.106. The second-order valence-corrected chi connectivity index (χ2v) is 0.921. The van der Waals surface area contributed by atoms with Crippen molar-refractivity contribution in [2.24, 2.45) is 0 Å². The molecule has 0 spiro atoms. The van der Waals surface area contributed by atoms with Gasteiger partial charge < -0.3 is 0 Å². The van der Waals surface area contributed by atoms with Gasteiger partial charge in [-0.05, 0) is 0 Å². The van der Waals surface area contributed by atoms with Gasteiger partial charge in [-0.3, -0.25) is 0 Å². The molecule has 0 saturated heterocycles. The van der Waals surface area contributed by atoms with Gasteiger partial charge in [-0.15, -0.1) is 0 Å². The van der Waals surface area contributed by atoms with E-state index < -0.39 is 0 Å². The number of hydrogen-bond acceptors (Lipinski definition) is 1. The first-order valence-corrected chi connectivity index (χ1v) is 1.68. The van der Waals surface area contributed by atoms with Crippen molar-refractivity contribution in [3.63, 3.8) is 0 Å². The maximum atomic E-state index is 9.64. The SMILES string of the molecule is CC(=O)[C]#[Fe]. The average molecular weight is 111 g/mol. The van der Waals surface area contributed by atoms with Crippen LogP contribution in [0.4, 0.5) is 0 Å². The van der Waals surface area contributed by atoms with Crippen LogP contribution in [0.25, 0.3) is 0 Å². The molecule has 0 atom stereocenters. The van der Waals surface area contributed by atoms with Crippen LogP contribution in [-0.2, 0) is 20.2 Å². The second kappa shape index (κ2) is 2.22. The van der Waals surface area contributed by atoms with Crippen LogP contribution in [0.2, 0.25) is 0 Å². The Bertz CT molecular complexity index is 79.4. The summed E-state index contributed by atoms with van der Waals surface area (Å²) in [4.78, 5) is 9.64. The Labute approximate surface area is 38.3 Å². The number of rotatable bonds is 0. The van der Waals surface area contributed by atoms with Gasteiger partial charge in [-0.1, -0.05) is 0 Å². The van der Waals surface area contributed by atoms with Crippen molar-refractivity contribution in [2.75, 3.05) is 0 Å². The van der Waals surface area contributed by atoms with Crippen molar-refractivity contribution in [3.8, 4) is 4.73 Å². The van der Waals surface area contributed by atoms with E-state index in [1.54, 1.807) is 0 Å². The van der Waals surface area contributed by atoms with E-state index in [9.17, 15) is 4.79 Å². The van der Waals surface area contributed by atoms with E-state index in [1.807, 2.05) is 0 Å². The van der Waals surface area contributed by atoms with E-state index >= 15 is 0 Å². The fourth-order valence-corrected chi connectivity index (χ4v) is 0. The Morgan fingerprint density at radius 1 is 2.00 bits per heavy atom. The molecule has 0 amide bonds. The average Bonchev–Trinajstić information content (AvgIpc) is 1.38. The van der Waals surface area contributed by atoms with Crippen LogP contribution in [0.1, 0.15) is 6.92 Å². The van der Waals surface area contributed by atoms with E-state index in [1.165, 1.54) is 6.92 Å². The van der Waals surface area contributed by atoms with E-state index in [4.69, 9.17) is 0 Å². The fourth-order valence-electron chi connectivity index (χ4n) is 0. The Kier molecular flexibility index (Phi) is 2.21. The summed E-state index contributed by atoms with van der Waals surface area (Å²) in [6, 6.07) is 0. The summed E-state index contributed by atoms with van der Waals surface area (Å²) >= 11 is 3.09. The molecule has 0 aromatic heterocycles. The van der Waals surface area contributed by atoms with Crippen molar-refractivity contribution in [3.05, 3.63) is 0 Å². The second-order valence-electron chi connectivity index (χ2n) is 0.645. The van der Waals surface area contributed by atoms with E-state index in [0.29, 0.717) is 0 Å². The van der Waals surface area contributed by atoms with Crippen LogP contribution in [0.15, 0.2) is 0 Å². The molecule has 0 N–H and O–H groups in total. The summed E-state index contributed by atoms with van der Waals surface area (Å²) in [6.45, 7) is 1.41. The Balaban J connectivity index is 3.35. The van der Waals surface area contributed by atoms with E-state index in [-0.39, 0.29) is 5.78 Å². The van der Waals surface area contributed by atoms with Crippen LogP contribution in [-0.4, -0.2) is 5.78 Å². The molecule has 0 saturated carbocycles. The first-order chi connectivity index (χ1) is 2.27. The van der Waals surface area contributed by atoms with Gasteiger partial charge in [0, 0.05) is 0 Å². The van der Waals surface area contributed by atoms with Gasteiger partial charge in [-0.25, -0.2) is 0 Å². The summed E-state index contributed by atoms with van der Waals surface area (Å²) in [5.74, 6) is -0.106. The van der Waals surface area contributed by atoms with E-state index in [2.05, 4.69) is 20.1 Å². The third-order valence-corrected chi connectivity index (χ3v) is 0.513. The maximum absolute atomic E-state index is 9.64. The van der Waals surface area contributed by atoms with Gasteiger partial charge in [0.15, 0.2) is 0 Å². The van der Waals surface area contributed by atoms with Gasteiger partial charge >= 0.3 is 37.6 Å². The summed E-state index contributed by atoms with van der Waals surface area (Å²) in [5.41, 5.74) is 0. The normalized spacial score (nSPS) is 5.80. The third-order valence-electron chi connectivity index (χ3n) is 0.124. The van der Waals surface area contributed by atoms with Crippen LogP contribution in [0.3, 0.4) is 0 Å². The Morgan fingerprint density at radius 2 is 2.20 bits per heavy atom. The van der Waals surface area contributed by atoms with Crippen LogP contribution in [0.5, 0.6) is 0 Å². The molecule has 0 bridgehead atoms. The first kappa shape index (κ1) is 4.97. The standard InChI is InChI=1S/C3H3O.Fe/c1-3(2)4;/h1H3;. The van der Waals surface area contributed by atoms with E-state index in [0.717, 1.165) is 0 Å². The summed E-state index contributed by atoms with van der Waals surface area (Å²) in [7, 11) is 0. The Morgan fingerprint density at radius 3 is 2.20 bits per heavy atom. The number of carbonyl (C=O) groups excluding carboxylic acids is 1. The monoisotopic (exact) mass is 111 g/mol. The van der Waals surface area contributed by atoms with Crippen LogP contribution in [0, 0.1) is 4.73 Å². The predicted octanol–water partition coefficient (Wildman–Crippen LogP) is 0.0814. The molecule has 1 nitrogen and oxygen atoms in total. The Hall–Kier alpha value is -0.0305. The molecule has 0 unspecified atom stereocenters. The summed E-state index contributed by atoms with van der Waals surface area (Å²) in [6.07, 6.45) is 0. The summed E-state index contributed by atoms with van der Waals surface area (Å²) in [5, 5.41) is 0. The molecule has 0 radical (unpaired) electrons. The molecule has 29 valence electrons. The molecule has 0 aromatic rings. The number of Topliss-reactive ketones (excluding diaryl/α,β-unsaturated/α-hetero) is 1. The van der Waals surface area contributed by atoms with Gasteiger partial charge in [0.1, 0.15) is 0 Å². The molecule has 0 aromatic carbocycles. The van der Waals surface area contributed by atoms with Gasteiger partial charge in [0.2, 0.25) is 0 Å². The molecular formula is C3H3FeO. The zero-order valence-electron chi connectivity index (χ0n) is 2.76. The summed E-state index contributed by atoms with van der Waals surface area (Å²) < 4.78 is 2.14. The molecular weight excluding hydrogens is 108 g/mol. The van der Waals surface area contributed by atoms with Crippen LogP contribution >= 0.6 is 0 Å². The third kappa shape index (κ3) is 3.97. The van der Waals surface area contributed by atoms with Gasteiger partial charge in [0.25, 0.3) is 0 Å². The number of ketones is 1. The molecule has 0 aliphatic rings. The molecule has 2 heteroatoms. The first-order valence-electron chi connectivity index (χ1n) is 1.13. The zero-order chi connectivity index (χ0) is 4.28. The fraction of sp³-hybridized carbons (Fsp3) is 0.333. The van der Waals surface area contributed by atoms with Crippen LogP contribution < -0.4 is 0 Å². The predicted molar refractivity (Wildman–Crippen MR) is 14.6 cm³/mol. The van der Waals surface area contributed by atoms with Crippen molar-refractivity contribution < 1.29 is 20.2 Å². The van der Waals surface area contributed by atoms with Gasteiger partial charge in [-0.2, -0.15) is 0 Å². The zero-order valence-corrected chi connectivity index (χ0v) is 3.87. The number of carbonyl (C=O) groups is 1. The van der Waals surface area contributed by atoms with Crippen molar-refractivity contribution in [1.29, 1.82) is 0 Å². The molecule has 0 heterocycles. The molecule has 5 heavy (non-hydrogen) atoms. The molecule has 0 fully saturated rings. The molecule has 0 aliphatic heterocycles. The quantitative estimate of drug-likeness (QED) is 0.404. The number of hydrogen-bond donors (Lipinski definition) is 0.